The standard InChI is InChI=1S/C28H23F2NO4/c1-33-27(32)12-18-15-34-26-13-19(6-8-20(18)26)35-25-10-9-21-22(25)7-5-17(14-31)23(21)11-16-3-2-4-24(29)28(16)30/h2-8,13,18,25H,9-12,15H2,1H3. The highest BCUT2D eigenvalue weighted by atomic mass is 19.2. The van der Waals surface area contributed by atoms with Crippen molar-refractivity contribution in [2.75, 3.05) is 13.7 Å². The maximum atomic E-state index is 14.3. The Morgan fingerprint density at radius 3 is 2.80 bits per heavy atom. The predicted octanol–water partition coefficient (Wildman–Crippen LogP) is 5.53. The van der Waals surface area contributed by atoms with Crippen LogP contribution in [0.5, 0.6) is 11.5 Å². The Morgan fingerprint density at radius 2 is 2.00 bits per heavy atom. The van der Waals surface area contributed by atoms with Crippen LogP contribution in [0.4, 0.5) is 8.78 Å². The number of esters is 1. The van der Waals surface area contributed by atoms with Gasteiger partial charge >= 0.3 is 5.97 Å². The lowest BCUT2D eigenvalue weighted by molar-refractivity contribution is -0.141. The molecule has 1 aliphatic carbocycles. The van der Waals surface area contributed by atoms with E-state index in [0.29, 0.717) is 42.1 Å². The van der Waals surface area contributed by atoms with Crippen LogP contribution in [-0.2, 0) is 22.4 Å². The Kier molecular flexibility index (Phi) is 6.12. The van der Waals surface area contributed by atoms with Crippen molar-refractivity contribution in [3.63, 3.8) is 0 Å². The summed E-state index contributed by atoms with van der Waals surface area (Å²) in [5.41, 5.74) is 4.23. The highest BCUT2D eigenvalue weighted by molar-refractivity contribution is 5.71. The van der Waals surface area contributed by atoms with Gasteiger partial charge in [0, 0.05) is 24.0 Å². The van der Waals surface area contributed by atoms with Crippen LogP contribution in [-0.4, -0.2) is 19.7 Å². The average molecular weight is 475 g/mol. The van der Waals surface area contributed by atoms with E-state index in [9.17, 15) is 18.8 Å². The summed E-state index contributed by atoms with van der Waals surface area (Å²) >= 11 is 0. The van der Waals surface area contributed by atoms with Crippen molar-refractivity contribution in [3.05, 3.63) is 93.5 Å². The first-order valence-corrected chi connectivity index (χ1v) is 11.5. The Balaban J connectivity index is 1.39. The summed E-state index contributed by atoms with van der Waals surface area (Å²) < 4.78 is 44.9. The van der Waals surface area contributed by atoms with Crippen molar-refractivity contribution >= 4 is 5.97 Å². The number of nitrogens with zero attached hydrogens (tertiary/aromatic N) is 1. The minimum atomic E-state index is -0.901. The zero-order valence-corrected chi connectivity index (χ0v) is 19.1. The SMILES string of the molecule is COC(=O)CC1COc2cc(OC3CCc4c3ccc(C#N)c4Cc3cccc(F)c3F)ccc21. The van der Waals surface area contributed by atoms with E-state index in [2.05, 4.69) is 6.07 Å². The molecular weight excluding hydrogens is 452 g/mol. The lowest BCUT2D eigenvalue weighted by atomic mass is 9.92. The summed E-state index contributed by atoms with van der Waals surface area (Å²) in [6.45, 7) is 0.414. The van der Waals surface area contributed by atoms with E-state index in [-0.39, 0.29) is 36.4 Å². The van der Waals surface area contributed by atoms with Crippen LogP contribution in [0.1, 0.15) is 58.2 Å². The van der Waals surface area contributed by atoms with E-state index in [1.165, 1.54) is 13.2 Å². The lowest BCUT2D eigenvalue weighted by Gasteiger charge is -2.17. The second kappa shape index (κ2) is 9.38. The normalized spacial score (nSPS) is 17.8. The van der Waals surface area contributed by atoms with Gasteiger partial charge in [-0.15, -0.1) is 0 Å². The van der Waals surface area contributed by atoms with E-state index in [4.69, 9.17) is 14.2 Å². The quantitative estimate of drug-likeness (QED) is 0.439. The van der Waals surface area contributed by atoms with Crippen LogP contribution in [0.25, 0.3) is 0 Å². The molecule has 3 aromatic carbocycles. The van der Waals surface area contributed by atoms with Crippen LogP contribution >= 0.6 is 0 Å². The van der Waals surface area contributed by atoms with E-state index in [0.717, 1.165) is 22.8 Å². The number of hydrogen-bond acceptors (Lipinski definition) is 5. The molecule has 2 aliphatic rings. The van der Waals surface area contributed by atoms with Crippen molar-refractivity contribution in [2.24, 2.45) is 0 Å². The fourth-order valence-electron chi connectivity index (χ4n) is 4.99. The van der Waals surface area contributed by atoms with Gasteiger partial charge < -0.3 is 14.2 Å². The first-order valence-electron chi connectivity index (χ1n) is 11.5. The lowest BCUT2D eigenvalue weighted by Crippen LogP contribution is -2.09. The maximum absolute atomic E-state index is 14.3. The Bertz CT molecular complexity index is 1350. The molecule has 2 unspecified atom stereocenters. The third-order valence-electron chi connectivity index (χ3n) is 6.77. The monoisotopic (exact) mass is 475 g/mol. The number of halogens is 2. The Morgan fingerprint density at radius 1 is 1.17 bits per heavy atom. The zero-order chi connectivity index (χ0) is 24.5. The van der Waals surface area contributed by atoms with Crippen LogP contribution in [0.2, 0.25) is 0 Å². The third-order valence-corrected chi connectivity index (χ3v) is 6.77. The average Bonchev–Trinajstić information content (AvgIpc) is 3.46. The number of hydrogen-bond donors (Lipinski definition) is 0. The van der Waals surface area contributed by atoms with Gasteiger partial charge in [-0.25, -0.2) is 8.78 Å². The molecule has 0 spiro atoms. The van der Waals surface area contributed by atoms with E-state index in [1.54, 1.807) is 12.1 Å². The van der Waals surface area contributed by atoms with E-state index in [1.807, 2.05) is 24.3 Å². The molecule has 0 fully saturated rings. The first-order chi connectivity index (χ1) is 17.0. The molecule has 0 radical (unpaired) electrons. The number of fused-ring (bicyclic) bond motifs is 2. The fourth-order valence-corrected chi connectivity index (χ4v) is 4.99. The molecule has 2 atom stereocenters. The molecule has 0 aromatic heterocycles. The summed E-state index contributed by atoms with van der Waals surface area (Å²) in [6, 6.07) is 15.5. The Hall–Kier alpha value is -3.92. The minimum Gasteiger partial charge on any atom is -0.492 e. The third kappa shape index (κ3) is 4.32. The summed E-state index contributed by atoms with van der Waals surface area (Å²) in [7, 11) is 1.37. The maximum Gasteiger partial charge on any atom is 0.306 e. The largest absolute Gasteiger partial charge is 0.492 e. The number of benzene rings is 3. The van der Waals surface area contributed by atoms with Crippen LogP contribution in [0, 0.1) is 23.0 Å². The zero-order valence-electron chi connectivity index (χ0n) is 19.1. The molecule has 0 saturated carbocycles. The van der Waals surface area contributed by atoms with Crippen molar-refractivity contribution in [3.8, 4) is 17.6 Å². The molecule has 35 heavy (non-hydrogen) atoms. The van der Waals surface area contributed by atoms with Crippen molar-refractivity contribution in [1.29, 1.82) is 5.26 Å². The predicted molar refractivity (Wildman–Crippen MR) is 123 cm³/mol. The summed E-state index contributed by atoms with van der Waals surface area (Å²) in [6.07, 6.45) is 1.53. The molecule has 1 aliphatic heterocycles. The van der Waals surface area contributed by atoms with Crippen LogP contribution in [0.3, 0.4) is 0 Å². The molecule has 5 nitrogen and oxygen atoms in total. The fraction of sp³-hybridized carbons (Fsp3) is 0.286. The highest BCUT2D eigenvalue weighted by Gasteiger charge is 2.30. The second-order valence-corrected chi connectivity index (χ2v) is 8.79. The number of ether oxygens (including phenoxy) is 3. The van der Waals surface area contributed by atoms with Crippen LogP contribution in [0.15, 0.2) is 48.5 Å². The molecule has 178 valence electrons. The molecule has 0 amide bonds. The molecule has 5 rings (SSSR count). The van der Waals surface area contributed by atoms with Gasteiger partial charge in [0.25, 0.3) is 0 Å². The second-order valence-electron chi connectivity index (χ2n) is 8.79. The molecule has 7 heteroatoms. The number of methoxy groups -OCH3 is 1. The van der Waals surface area contributed by atoms with E-state index >= 15 is 0 Å². The number of carbonyl (C=O) groups is 1. The van der Waals surface area contributed by atoms with Crippen LogP contribution < -0.4 is 9.47 Å². The summed E-state index contributed by atoms with van der Waals surface area (Å²) in [5.74, 6) is -0.779. The van der Waals surface area contributed by atoms with Gasteiger partial charge in [-0.1, -0.05) is 24.3 Å². The van der Waals surface area contributed by atoms with Crippen molar-refractivity contribution in [1.82, 2.24) is 0 Å². The van der Waals surface area contributed by atoms with Gasteiger partial charge in [0.2, 0.25) is 0 Å². The van der Waals surface area contributed by atoms with E-state index < -0.39 is 11.6 Å². The highest BCUT2D eigenvalue weighted by Crippen LogP contribution is 2.42. The topological polar surface area (TPSA) is 68.6 Å². The van der Waals surface area contributed by atoms with Gasteiger partial charge in [-0.3, -0.25) is 4.79 Å². The summed E-state index contributed by atoms with van der Waals surface area (Å²) in [5, 5.41) is 9.64. The van der Waals surface area contributed by atoms with Gasteiger partial charge in [0.05, 0.1) is 31.8 Å². The smallest absolute Gasteiger partial charge is 0.306 e. The number of carbonyl (C=O) groups excluding carboxylic acids is 1. The Labute approximate surface area is 201 Å². The van der Waals surface area contributed by atoms with Crippen molar-refractivity contribution in [2.45, 2.75) is 37.7 Å². The minimum absolute atomic E-state index is 0.0473. The first kappa shape index (κ1) is 22.9. The molecular formula is C28H23F2NO4. The molecule has 1 heterocycles. The number of rotatable bonds is 6. The molecule has 0 saturated heterocycles. The van der Waals surface area contributed by atoms with Gasteiger partial charge in [-0.2, -0.15) is 5.26 Å². The number of nitriles is 1. The molecule has 0 bridgehead atoms. The van der Waals surface area contributed by atoms with Crippen molar-refractivity contribution < 1.29 is 27.8 Å². The van der Waals surface area contributed by atoms with Gasteiger partial charge in [0.1, 0.15) is 17.6 Å². The molecule has 0 N–H and O–H groups in total. The van der Waals surface area contributed by atoms with Gasteiger partial charge in [0.15, 0.2) is 11.6 Å². The van der Waals surface area contributed by atoms with Gasteiger partial charge in [-0.05, 0) is 53.3 Å². The summed E-state index contributed by atoms with van der Waals surface area (Å²) in [4.78, 5) is 11.7. The molecule has 3 aromatic rings.